The van der Waals surface area contributed by atoms with E-state index in [1.807, 2.05) is 0 Å². The van der Waals surface area contributed by atoms with E-state index < -0.39 is 0 Å². The SMILES string of the molecule is CC1CCC(CNCc2ccc(F)cc2)O1. The summed E-state index contributed by atoms with van der Waals surface area (Å²) in [7, 11) is 0. The summed E-state index contributed by atoms with van der Waals surface area (Å²) in [6.45, 7) is 3.76. The Morgan fingerprint density at radius 3 is 2.69 bits per heavy atom. The van der Waals surface area contributed by atoms with E-state index in [0.717, 1.165) is 31.5 Å². The van der Waals surface area contributed by atoms with Crippen molar-refractivity contribution in [2.75, 3.05) is 6.54 Å². The standard InChI is InChI=1S/C13H18FNO/c1-10-2-7-13(16-10)9-15-8-11-3-5-12(14)6-4-11/h3-6,10,13,15H,2,7-9H2,1H3. The van der Waals surface area contributed by atoms with Gasteiger partial charge in [-0.3, -0.25) is 0 Å². The van der Waals surface area contributed by atoms with Crippen LogP contribution in [0.3, 0.4) is 0 Å². The van der Waals surface area contributed by atoms with Crippen LogP contribution in [-0.2, 0) is 11.3 Å². The maximum absolute atomic E-state index is 12.7. The highest BCUT2D eigenvalue weighted by atomic mass is 19.1. The van der Waals surface area contributed by atoms with E-state index in [-0.39, 0.29) is 5.82 Å². The van der Waals surface area contributed by atoms with Gasteiger partial charge in [0, 0.05) is 13.1 Å². The van der Waals surface area contributed by atoms with E-state index in [1.54, 1.807) is 12.1 Å². The Morgan fingerprint density at radius 2 is 2.06 bits per heavy atom. The molecular weight excluding hydrogens is 205 g/mol. The molecular formula is C13H18FNO. The first-order valence-corrected chi connectivity index (χ1v) is 5.84. The molecule has 88 valence electrons. The number of benzene rings is 1. The Hall–Kier alpha value is -0.930. The van der Waals surface area contributed by atoms with E-state index in [2.05, 4.69) is 12.2 Å². The number of halogens is 1. The van der Waals surface area contributed by atoms with Crippen LogP contribution in [0.15, 0.2) is 24.3 Å². The number of hydrogen-bond donors (Lipinski definition) is 1. The second-order valence-electron chi connectivity index (χ2n) is 4.40. The van der Waals surface area contributed by atoms with Crippen LogP contribution in [0.2, 0.25) is 0 Å². The Morgan fingerprint density at radius 1 is 1.31 bits per heavy atom. The van der Waals surface area contributed by atoms with Gasteiger partial charge in [0.2, 0.25) is 0 Å². The van der Waals surface area contributed by atoms with Gasteiger partial charge in [-0.2, -0.15) is 0 Å². The van der Waals surface area contributed by atoms with Crippen LogP contribution in [0, 0.1) is 5.82 Å². The average Bonchev–Trinajstić information content (AvgIpc) is 2.67. The smallest absolute Gasteiger partial charge is 0.123 e. The van der Waals surface area contributed by atoms with Crippen molar-refractivity contribution in [1.29, 1.82) is 0 Å². The van der Waals surface area contributed by atoms with Crippen molar-refractivity contribution >= 4 is 0 Å². The topological polar surface area (TPSA) is 21.3 Å². The summed E-state index contributed by atoms with van der Waals surface area (Å²) < 4.78 is 18.4. The lowest BCUT2D eigenvalue weighted by Crippen LogP contribution is -2.26. The number of rotatable bonds is 4. The van der Waals surface area contributed by atoms with Crippen LogP contribution < -0.4 is 5.32 Å². The molecule has 0 aliphatic carbocycles. The molecule has 0 radical (unpaired) electrons. The molecule has 3 heteroatoms. The Kier molecular flexibility index (Phi) is 3.91. The molecule has 16 heavy (non-hydrogen) atoms. The normalized spacial score (nSPS) is 24.9. The summed E-state index contributed by atoms with van der Waals surface area (Å²) in [6, 6.07) is 6.59. The molecule has 0 amide bonds. The molecule has 1 aliphatic rings. The Bertz CT molecular complexity index is 325. The van der Waals surface area contributed by atoms with E-state index in [4.69, 9.17) is 4.74 Å². The van der Waals surface area contributed by atoms with Crippen LogP contribution in [0.5, 0.6) is 0 Å². The molecule has 2 unspecified atom stereocenters. The van der Waals surface area contributed by atoms with Crippen molar-refractivity contribution < 1.29 is 9.13 Å². The van der Waals surface area contributed by atoms with Crippen molar-refractivity contribution in [3.05, 3.63) is 35.6 Å². The lowest BCUT2D eigenvalue weighted by Gasteiger charge is -2.12. The zero-order chi connectivity index (χ0) is 11.4. The molecule has 1 aliphatic heterocycles. The summed E-state index contributed by atoms with van der Waals surface area (Å²) in [5, 5.41) is 3.34. The lowest BCUT2D eigenvalue weighted by molar-refractivity contribution is 0.0559. The molecule has 0 bridgehead atoms. The van der Waals surface area contributed by atoms with Crippen LogP contribution >= 0.6 is 0 Å². The second kappa shape index (κ2) is 5.41. The predicted octanol–water partition coefficient (Wildman–Crippen LogP) is 2.48. The molecule has 2 rings (SSSR count). The van der Waals surface area contributed by atoms with E-state index in [1.165, 1.54) is 12.1 Å². The molecule has 1 aromatic carbocycles. The molecule has 1 fully saturated rings. The summed E-state index contributed by atoms with van der Waals surface area (Å²) in [4.78, 5) is 0. The van der Waals surface area contributed by atoms with Gasteiger partial charge in [-0.05, 0) is 37.5 Å². The first-order valence-electron chi connectivity index (χ1n) is 5.84. The highest BCUT2D eigenvalue weighted by Crippen LogP contribution is 2.18. The molecule has 1 N–H and O–H groups in total. The fourth-order valence-corrected chi connectivity index (χ4v) is 2.02. The highest BCUT2D eigenvalue weighted by molar-refractivity contribution is 5.15. The third-order valence-electron chi connectivity index (χ3n) is 2.93. The summed E-state index contributed by atoms with van der Waals surface area (Å²) in [5.41, 5.74) is 1.10. The highest BCUT2D eigenvalue weighted by Gasteiger charge is 2.20. The molecule has 2 nitrogen and oxygen atoms in total. The Labute approximate surface area is 95.8 Å². The molecule has 0 aromatic heterocycles. The van der Waals surface area contributed by atoms with Gasteiger partial charge < -0.3 is 10.1 Å². The summed E-state index contributed by atoms with van der Waals surface area (Å²) in [6.07, 6.45) is 3.04. The zero-order valence-electron chi connectivity index (χ0n) is 9.58. The fraction of sp³-hybridized carbons (Fsp3) is 0.538. The van der Waals surface area contributed by atoms with Crippen molar-refractivity contribution in [1.82, 2.24) is 5.32 Å². The Balaban J connectivity index is 1.70. The predicted molar refractivity (Wildman–Crippen MR) is 61.7 cm³/mol. The van der Waals surface area contributed by atoms with Gasteiger partial charge in [0.1, 0.15) is 5.82 Å². The minimum absolute atomic E-state index is 0.184. The number of nitrogens with one attached hydrogen (secondary N) is 1. The van der Waals surface area contributed by atoms with E-state index in [0.29, 0.717) is 12.2 Å². The van der Waals surface area contributed by atoms with Gasteiger partial charge in [-0.1, -0.05) is 12.1 Å². The zero-order valence-corrected chi connectivity index (χ0v) is 9.58. The van der Waals surface area contributed by atoms with Crippen molar-refractivity contribution in [2.24, 2.45) is 0 Å². The van der Waals surface area contributed by atoms with Gasteiger partial charge >= 0.3 is 0 Å². The lowest BCUT2D eigenvalue weighted by atomic mass is 10.2. The van der Waals surface area contributed by atoms with Crippen LogP contribution in [0.1, 0.15) is 25.3 Å². The van der Waals surface area contributed by atoms with Gasteiger partial charge in [0.15, 0.2) is 0 Å². The summed E-state index contributed by atoms with van der Waals surface area (Å²) in [5.74, 6) is -0.184. The van der Waals surface area contributed by atoms with Crippen molar-refractivity contribution in [3.8, 4) is 0 Å². The maximum atomic E-state index is 12.7. The fourth-order valence-electron chi connectivity index (χ4n) is 2.02. The van der Waals surface area contributed by atoms with E-state index in [9.17, 15) is 4.39 Å². The first-order chi connectivity index (χ1) is 7.74. The third-order valence-corrected chi connectivity index (χ3v) is 2.93. The van der Waals surface area contributed by atoms with Crippen LogP contribution in [-0.4, -0.2) is 18.8 Å². The molecule has 0 saturated carbocycles. The molecule has 1 aromatic rings. The minimum atomic E-state index is -0.184. The molecule has 1 heterocycles. The van der Waals surface area contributed by atoms with Crippen molar-refractivity contribution in [2.45, 2.75) is 38.5 Å². The quantitative estimate of drug-likeness (QED) is 0.846. The van der Waals surface area contributed by atoms with Crippen LogP contribution in [0.25, 0.3) is 0 Å². The molecule has 1 saturated heterocycles. The van der Waals surface area contributed by atoms with E-state index >= 15 is 0 Å². The van der Waals surface area contributed by atoms with Gasteiger partial charge in [-0.15, -0.1) is 0 Å². The maximum Gasteiger partial charge on any atom is 0.123 e. The van der Waals surface area contributed by atoms with Gasteiger partial charge in [0.25, 0.3) is 0 Å². The summed E-state index contributed by atoms with van der Waals surface area (Å²) >= 11 is 0. The first kappa shape index (κ1) is 11.6. The number of hydrogen-bond acceptors (Lipinski definition) is 2. The van der Waals surface area contributed by atoms with Crippen molar-refractivity contribution in [3.63, 3.8) is 0 Å². The van der Waals surface area contributed by atoms with Gasteiger partial charge in [-0.25, -0.2) is 4.39 Å². The molecule has 0 spiro atoms. The number of ether oxygens (including phenoxy) is 1. The largest absolute Gasteiger partial charge is 0.374 e. The third kappa shape index (κ3) is 3.29. The molecule has 2 atom stereocenters. The monoisotopic (exact) mass is 223 g/mol. The average molecular weight is 223 g/mol. The minimum Gasteiger partial charge on any atom is -0.374 e. The van der Waals surface area contributed by atoms with Gasteiger partial charge in [0.05, 0.1) is 12.2 Å². The second-order valence-corrected chi connectivity index (χ2v) is 4.40. The van der Waals surface area contributed by atoms with Crippen LogP contribution in [0.4, 0.5) is 4.39 Å².